The summed E-state index contributed by atoms with van der Waals surface area (Å²) in [6.07, 6.45) is 12.1. The van der Waals surface area contributed by atoms with Crippen molar-refractivity contribution in [2.24, 2.45) is 5.92 Å². The molecule has 1 saturated carbocycles. The molecule has 3 aromatic heterocycles. The largest absolute Gasteiger partial charge is 0.308 e. The van der Waals surface area contributed by atoms with Gasteiger partial charge in [0.1, 0.15) is 0 Å². The van der Waals surface area contributed by atoms with Crippen LogP contribution < -0.4 is 10.9 Å². The Kier molecular flexibility index (Phi) is 5.59. The van der Waals surface area contributed by atoms with Crippen LogP contribution in [0.5, 0.6) is 0 Å². The molecule has 0 bridgehead atoms. The molecular formula is C27H32N4OS. The van der Waals surface area contributed by atoms with E-state index in [0.717, 1.165) is 41.1 Å². The van der Waals surface area contributed by atoms with Gasteiger partial charge < -0.3 is 9.88 Å². The first kappa shape index (κ1) is 21.1. The average molecular weight is 461 g/mol. The Morgan fingerprint density at radius 2 is 1.88 bits per heavy atom. The Morgan fingerprint density at radius 1 is 1.06 bits per heavy atom. The maximum absolute atomic E-state index is 13.6. The Hall–Kier alpha value is -2.44. The third-order valence-electron chi connectivity index (χ3n) is 7.61. The van der Waals surface area contributed by atoms with Gasteiger partial charge in [-0.25, -0.2) is 4.98 Å². The number of thiazole rings is 1. The predicted octanol–water partition coefficient (Wildman–Crippen LogP) is 5.38. The minimum Gasteiger partial charge on any atom is -0.308 e. The highest BCUT2D eigenvalue weighted by Crippen LogP contribution is 2.30. The van der Waals surface area contributed by atoms with Crippen LogP contribution in [-0.4, -0.2) is 14.0 Å². The van der Waals surface area contributed by atoms with Crippen LogP contribution in [0.3, 0.4) is 0 Å². The third kappa shape index (κ3) is 4.04. The number of hydrogen-bond acceptors (Lipinski definition) is 4. The molecular weight excluding hydrogens is 428 g/mol. The second kappa shape index (κ2) is 8.73. The van der Waals surface area contributed by atoms with E-state index in [2.05, 4.69) is 51.0 Å². The Bertz CT molecular complexity index is 1370. The first-order valence-corrected chi connectivity index (χ1v) is 13.3. The van der Waals surface area contributed by atoms with Crippen molar-refractivity contribution < 1.29 is 0 Å². The molecule has 172 valence electrons. The van der Waals surface area contributed by atoms with Gasteiger partial charge in [-0.3, -0.25) is 9.20 Å². The van der Waals surface area contributed by atoms with Gasteiger partial charge in [-0.2, -0.15) is 0 Å². The van der Waals surface area contributed by atoms with E-state index in [9.17, 15) is 4.79 Å². The highest BCUT2D eigenvalue weighted by molar-refractivity contribution is 7.15. The lowest BCUT2D eigenvalue weighted by atomic mass is 9.89. The van der Waals surface area contributed by atoms with Crippen LogP contribution in [0, 0.1) is 12.8 Å². The third-order valence-corrected chi connectivity index (χ3v) is 8.56. The minimum absolute atomic E-state index is 0.181. The van der Waals surface area contributed by atoms with Crippen LogP contribution in [0.2, 0.25) is 0 Å². The van der Waals surface area contributed by atoms with Gasteiger partial charge in [0.15, 0.2) is 4.96 Å². The number of hydrogen-bond donors (Lipinski definition) is 1. The maximum Gasteiger partial charge on any atom is 0.255 e. The normalized spacial score (nSPS) is 16.8. The van der Waals surface area contributed by atoms with E-state index in [-0.39, 0.29) is 5.56 Å². The van der Waals surface area contributed by atoms with E-state index in [4.69, 9.17) is 4.98 Å². The molecule has 0 radical (unpaired) electrons. The number of aromatic nitrogens is 3. The van der Waals surface area contributed by atoms with E-state index in [1.807, 2.05) is 0 Å². The lowest BCUT2D eigenvalue weighted by molar-refractivity contribution is 0.319. The smallest absolute Gasteiger partial charge is 0.255 e. The Morgan fingerprint density at radius 3 is 2.70 bits per heavy atom. The zero-order valence-corrected chi connectivity index (χ0v) is 20.2. The topological polar surface area (TPSA) is 51.3 Å². The Labute approximate surface area is 198 Å². The number of imidazole rings is 1. The lowest BCUT2D eigenvalue weighted by Crippen LogP contribution is -2.30. The van der Waals surface area contributed by atoms with Gasteiger partial charge >= 0.3 is 0 Å². The Balaban J connectivity index is 1.30. The first-order valence-electron chi connectivity index (χ1n) is 12.5. The number of aryl methyl sites for hydroxylation is 3. The van der Waals surface area contributed by atoms with Crippen LogP contribution in [0.25, 0.3) is 15.9 Å². The summed E-state index contributed by atoms with van der Waals surface area (Å²) >= 11 is 1.67. The summed E-state index contributed by atoms with van der Waals surface area (Å²) in [4.78, 5) is 19.4. The van der Waals surface area contributed by atoms with Crippen molar-refractivity contribution >= 4 is 27.2 Å². The van der Waals surface area contributed by atoms with Crippen molar-refractivity contribution in [3.05, 3.63) is 68.2 Å². The van der Waals surface area contributed by atoms with Crippen LogP contribution in [0.4, 0.5) is 0 Å². The number of fused-ring (bicyclic) bond motifs is 3. The molecule has 0 aliphatic heterocycles. The van der Waals surface area contributed by atoms with E-state index in [1.165, 1.54) is 60.7 Å². The van der Waals surface area contributed by atoms with Crippen molar-refractivity contribution in [3.8, 4) is 0 Å². The molecule has 33 heavy (non-hydrogen) atoms. The summed E-state index contributed by atoms with van der Waals surface area (Å²) in [6, 6.07) is 6.81. The van der Waals surface area contributed by atoms with Crippen LogP contribution in [0.1, 0.15) is 66.6 Å². The van der Waals surface area contributed by atoms with Gasteiger partial charge in [-0.15, -0.1) is 11.3 Å². The molecule has 0 spiro atoms. The molecule has 3 heterocycles. The average Bonchev–Trinajstić information content (AvgIpc) is 3.53. The number of nitrogens with one attached hydrogen (secondary N) is 1. The molecule has 2 aliphatic rings. The summed E-state index contributed by atoms with van der Waals surface area (Å²) in [5.74, 6) is 0.623. The highest BCUT2D eigenvalue weighted by atomic mass is 32.1. The van der Waals surface area contributed by atoms with Crippen LogP contribution in [0.15, 0.2) is 34.6 Å². The molecule has 2 aliphatic carbocycles. The molecule has 0 saturated heterocycles. The van der Waals surface area contributed by atoms with Gasteiger partial charge in [0.05, 0.1) is 11.2 Å². The lowest BCUT2D eigenvalue weighted by Gasteiger charge is -2.24. The first-order chi connectivity index (χ1) is 16.2. The van der Waals surface area contributed by atoms with E-state index >= 15 is 0 Å². The molecule has 5 nitrogen and oxygen atoms in total. The monoisotopic (exact) mass is 460 g/mol. The number of nitrogens with zero attached hydrogens (tertiary/aromatic N) is 3. The fourth-order valence-corrected chi connectivity index (χ4v) is 6.67. The van der Waals surface area contributed by atoms with Crippen molar-refractivity contribution in [1.82, 2.24) is 19.3 Å². The zero-order chi connectivity index (χ0) is 22.4. The van der Waals surface area contributed by atoms with Gasteiger partial charge in [0.25, 0.3) is 5.56 Å². The molecule has 1 N–H and O–H groups in total. The van der Waals surface area contributed by atoms with Crippen molar-refractivity contribution in [2.45, 2.75) is 77.9 Å². The number of pyridine rings is 1. The summed E-state index contributed by atoms with van der Waals surface area (Å²) in [6.45, 7) is 4.19. The van der Waals surface area contributed by atoms with Gasteiger partial charge in [0, 0.05) is 42.5 Å². The van der Waals surface area contributed by atoms with E-state index in [1.54, 1.807) is 11.3 Å². The molecule has 0 atom stereocenters. The maximum atomic E-state index is 13.6. The van der Waals surface area contributed by atoms with Crippen LogP contribution in [-0.2, 0) is 32.5 Å². The van der Waals surface area contributed by atoms with Gasteiger partial charge in [-0.05, 0) is 79.7 Å². The molecule has 1 fully saturated rings. The fraction of sp³-hybridized carbons (Fsp3) is 0.481. The molecule has 6 rings (SSSR count). The standard InChI is InChI=1S/C27H32N4OS/c1-18-17-33-27-29-24(16-30(18)27)14-28-13-23-11-22-10-20-8-5-9-21(20)12-25(22)31(26(23)32)15-19-6-3-2-4-7-19/h10-12,16-17,19,28H,2-9,13-15H2,1H3. The summed E-state index contributed by atoms with van der Waals surface area (Å²) in [5.41, 5.74) is 7.33. The molecule has 6 heteroatoms. The zero-order valence-electron chi connectivity index (χ0n) is 19.4. The molecule has 4 aromatic rings. The van der Waals surface area contributed by atoms with Crippen molar-refractivity contribution in [3.63, 3.8) is 0 Å². The van der Waals surface area contributed by atoms with Crippen LogP contribution >= 0.6 is 11.3 Å². The molecule has 0 unspecified atom stereocenters. The SMILES string of the molecule is Cc1csc2nc(CNCc3cc4cc5c(cc4n(CC4CCCCC4)c3=O)CCC5)cn12. The number of rotatable bonds is 6. The molecule has 1 aromatic carbocycles. The van der Waals surface area contributed by atoms with Crippen molar-refractivity contribution in [2.75, 3.05) is 0 Å². The van der Waals surface area contributed by atoms with Gasteiger partial charge in [-0.1, -0.05) is 19.3 Å². The van der Waals surface area contributed by atoms with E-state index < -0.39 is 0 Å². The summed E-state index contributed by atoms with van der Waals surface area (Å²) < 4.78 is 4.24. The second-order valence-electron chi connectivity index (χ2n) is 9.99. The minimum atomic E-state index is 0.181. The van der Waals surface area contributed by atoms with E-state index in [0.29, 0.717) is 19.0 Å². The predicted molar refractivity (Wildman–Crippen MR) is 135 cm³/mol. The van der Waals surface area contributed by atoms with Gasteiger partial charge in [0.2, 0.25) is 0 Å². The molecule has 0 amide bonds. The summed E-state index contributed by atoms with van der Waals surface area (Å²) in [5, 5.41) is 6.84. The highest BCUT2D eigenvalue weighted by Gasteiger charge is 2.20. The quantitative estimate of drug-likeness (QED) is 0.420. The second-order valence-corrected chi connectivity index (χ2v) is 10.8. The van der Waals surface area contributed by atoms with Crippen molar-refractivity contribution in [1.29, 1.82) is 0 Å². The summed E-state index contributed by atoms with van der Waals surface area (Å²) in [7, 11) is 0. The fourth-order valence-electron chi connectivity index (χ4n) is 5.80. The number of benzene rings is 1.